The van der Waals surface area contributed by atoms with Crippen LogP contribution in [0.15, 0.2) is 17.4 Å². The molecule has 0 radical (unpaired) electrons. The molecule has 0 aromatic carbocycles. The van der Waals surface area contributed by atoms with Gasteiger partial charge in [-0.15, -0.1) is 0 Å². The van der Waals surface area contributed by atoms with E-state index >= 15 is 0 Å². The lowest BCUT2D eigenvalue weighted by Crippen LogP contribution is -2.09. The predicted octanol–water partition coefficient (Wildman–Crippen LogP) is 3.24. The second-order valence-electron chi connectivity index (χ2n) is 3.43. The number of aromatic nitrogens is 2. The van der Waals surface area contributed by atoms with E-state index < -0.39 is 11.9 Å². The standard InChI is InChI=1S/C9H11F3N2S/c1-6(2)5-15-8-13-4-3-7(14-8)9(10,11)12/h3-4,6H,5H2,1-2H3. The van der Waals surface area contributed by atoms with Crippen molar-refractivity contribution in [3.05, 3.63) is 18.0 Å². The Balaban J connectivity index is 2.75. The van der Waals surface area contributed by atoms with Crippen LogP contribution in [0.1, 0.15) is 19.5 Å². The van der Waals surface area contributed by atoms with Crippen molar-refractivity contribution < 1.29 is 13.2 Å². The zero-order valence-corrected chi connectivity index (χ0v) is 9.19. The zero-order valence-electron chi connectivity index (χ0n) is 8.38. The highest BCUT2D eigenvalue weighted by Gasteiger charge is 2.32. The summed E-state index contributed by atoms with van der Waals surface area (Å²) in [4.78, 5) is 7.22. The number of rotatable bonds is 3. The van der Waals surface area contributed by atoms with Crippen molar-refractivity contribution in [2.45, 2.75) is 25.2 Å². The van der Waals surface area contributed by atoms with Crippen LogP contribution in [0.5, 0.6) is 0 Å². The fourth-order valence-electron chi connectivity index (χ4n) is 0.809. The van der Waals surface area contributed by atoms with Gasteiger partial charge in [0.25, 0.3) is 0 Å². The first-order chi connectivity index (χ1) is 6.89. The fraction of sp³-hybridized carbons (Fsp3) is 0.556. The lowest BCUT2D eigenvalue weighted by atomic mass is 10.3. The highest BCUT2D eigenvalue weighted by atomic mass is 32.2. The van der Waals surface area contributed by atoms with E-state index in [-0.39, 0.29) is 5.16 Å². The quantitative estimate of drug-likeness (QED) is 0.595. The minimum Gasteiger partial charge on any atom is -0.231 e. The van der Waals surface area contributed by atoms with Crippen LogP contribution in [0.25, 0.3) is 0 Å². The van der Waals surface area contributed by atoms with Gasteiger partial charge in [-0.25, -0.2) is 9.97 Å². The molecule has 0 saturated heterocycles. The first-order valence-corrected chi connectivity index (χ1v) is 5.41. The average molecular weight is 236 g/mol. The molecule has 0 fully saturated rings. The van der Waals surface area contributed by atoms with Crippen LogP contribution in [-0.4, -0.2) is 15.7 Å². The van der Waals surface area contributed by atoms with Gasteiger partial charge in [0.2, 0.25) is 0 Å². The van der Waals surface area contributed by atoms with Crippen molar-refractivity contribution in [1.29, 1.82) is 0 Å². The summed E-state index contributed by atoms with van der Waals surface area (Å²) < 4.78 is 36.8. The summed E-state index contributed by atoms with van der Waals surface area (Å²) in [6.45, 7) is 3.97. The van der Waals surface area contributed by atoms with E-state index in [0.717, 1.165) is 12.3 Å². The minimum atomic E-state index is -4.39. The first-order valence-electron chi connectivity index (χ1n) is 4.42. The monoisotopic (exact) mass is 236 g/mol. The van der Waals surface area contributed by atoms with Crippen LogP contribution in [0.3, 0.4) is 0 Å². The van der Waals surface area contributed by atoms with Crippen LogP contribution >= 0.6 is 11.8 Å². The Hall–Kier alpha value is -0.780. The van der Waals surface area contributed by atoms with Gasteiger partial charge in [-0.1, -0.05) is 25.6 Å². The van der Waals surface area contributed by atoms with E-state index in [0.29, 0.717) is 11.7 Å². The molecule has 84 valence electrons. The van der Waals surface area contributed by atoms with Crippen molar-refractivity contribution in [3.8, 4) is 0 Å². The summed E-state index contributed by atoms with van der Waals surface area (Å²) in [5.74, 6) is 1.11. The van der Waals surface area contributed by atoms with Crippen molar-refractivity contribution >= 4 is 11.8 Å². The molecule has 1 heterocycles. The Morgan fingerprint density at radius 2 is 2.07 bits per heavy atom. The normalized spacial score (nSPS) is 12.1. The topological polar surface area (TPSA) is 25.8 Å². The first kappa shape index (κ1) is 12.3. The Bertz CT molecular complexity index is 325. The number of nitrogens with zero attached hydrogens (tertiary/aromatic N) is 2. The lowest BCUT2D eigenvalue weighted by Gasteiger charge is -2.07. The summed E-state index contributed by atoms with van der Waals surface area (Å²) >= 11 is 1.24. The van der Waals surface area contributed by atoms with Gasteiger partial charge in [-0.05, 0) is 12.0 Å². The molecule has 15 heavy (non-hydrogen) atoms. The van der Waals surface area contributed by atoms with E-state index in [1.54, 1.807) is 0 Å². The predicted molar refractivity (Wildman–Crippen MR) is 52.6 cm³/mol. The number of thioether (sulfide) groups is 1. The third kappa shape index (κ3) is 4.07. The van der Waals surface area contributed by atoms with Crippen molar-refractivity contribution in [2.24, 2.45) is 5.92 Å². The highest BCUT2D eigenvalue weighted by molar-refractivity contribution is 7.99. The molecule has 6 heteroatoms. The molecular formula is C9H11F3N2S. The smallest absolute Gasteiger partial charge is 0.231 e. The molecule has 0 bridgehead atoms. The molecule has 1 aromatic heterocycles. The molecule has 0 unspecified atom stereocenters. The summed E-state index contributed by atoms with van der Waals surface area (Å²) in [6, 6.07) is 0.874. The van der Waals surface area contributed by atoms with E-state index in [2.05, 4.69) is 9.97 Å². The summed E-state index contributed by atoms with van der Waals surface area (Å²) in [5, 5.41) is 0.179. The zero-order chi connectivity index (χ0) is 11.5. The van der Waals surface area contributed by atoms with Gasteiger partial charge in [0, 0.05) is 11.9 Å². The van der Waals surface area contributed by atoms with Gasteiger partial charge in [-0.2, -0.15) is 13.2 Å². The average Bonchev–Trinajstić information content (AvgIpc) is 2.14. The van der Waals surface area contributed by atoms with Gasteiger partial charge in [-0.3, -0.25) is 0 Å². The maximum atomic E-state index is 12.3. The molecule has 1 rings (SSSR count). The van der Waals surface area contributed by atoms with Gasteiger partial charge >= 0.3 is 6.18 Å². The Kier molecular flexibility index (Phi) is 3.96. The van der Waals surface area contributed by atoms with Gasteiger partial charge in [0.05, 0.1) is 0 Å². The second-order valence-corrected chi connectivity index (χ2v) is 4.41. The molecule has 0 aliphatic carbocycles. The Morgan fingerprint density at radius 3 is 2.60 bits per heavy atom. The maximum absolute atomic E-state index is 12.3. The lowest BCUT2D eigenvalue weighted by molar-refractivity contribution is -0.141. The van der Waals surface area contributed by atoms with E-state index in [1.165, 1.54) is 11.8 Å². The van der Waals surface area contributed by atoms with Crippen LogP contribution < -0.4 is 0 Å². The van der Waals surface area contributed by atoms with Crippen molar-refractivity contribution in [3.63, 3.8) is 0 Å². The van der Waals surface area contributed by atoms with Crippen molar-refractivity contribution in [1.82, 2.24) is 9.97 Å². The molecule has 0 saturated carbocycles. The van der Waals surface area contributed by atoms with E-state index in [1.807, 2.05) is 13.8 Å². The number of halogens is 3. The second kappa shape index (κ2) is 4.83. The SMILES string of the molecule is CC(C)CSc1nccc(C(F)(F)F)n1. The van der Waals surface area contributed by atoms with Gasteiger partial charge < -0.3 is 0 Å². The van der Waals surface area contributed by atoms with Crippen LogP contribution in [0.4, 0.5) is 13.2 Å². The molecule has 0 aliphatic heterocycles. The third-order valence-electron chi connectivity index (χ3n) is 1.47. The molecule has 0 spiro atoms. The van der Waals surface area contributed by atoms with Gasteiger partial charge in [0.1, 0.15) is 5.69 Å². The molecule has 0 N–H and O–H groups in total. The van der Waals surface area contributed by atoms with Crippen LogP contribution in [-0.2, 0) is 6.18 Å². The highest BCUT2D eigenvalue weighted by Crippen LogP contribution is 2.28. The largest absolute Gasteiger partial charge is 0.433 e. The van der Waals surface area contributed by atoms with E-state index in [4.69, 9.17) is 0 Å². The summed E-state index contributed by atoms with van der Waals surface area (Å²) in [6.07, 6.45) is -3.26. The molecule has 1 aromatic rings. The number of hydrogen-bond acceptors (Lipinski definition) is 3. The molecule has 0 atom stereocenters. The van der Waals surface area contributed by atoms with Crippen LogP contribution in [0, 0.1) is 5.92 Å². The number of alkyl halides is 3. The van der Waals surface area contributed by atoms with Crippen molar-refractivity contribution in [2.75, 3.05) is 5.75 Å². The van der Waals surface area contributed by atoms with E-state index in [9.17, 15) is 13.2 Å². The molecule has 0 aliphatic rings. The number of hydrogen-bond donors (Lipinski definition) is 0. The Morgan fingerprint density at radius 1 is 1.40 bits per heavy atom. The third-order valence-corrected chi connectivity index (χ3v) is 2.76. The fourth-order valence-corrected chi connectivity index (χ4v) is 1.59. The Labute approximate surface area is 90.3 Å². The summed E-state index contributed by atoms with van der Waals surface area (Å²) in [7, 11) is 0. The molecule has 0 amide bonds. The minimum absolute atomic E-state index is 0.179. The molecule has 2 nitrogen and oxygen atoms in total. The van der Waals surface area contributed by atoms with Gasteiger partial charge in [0.15, 0.2) is 5.16 Å². The molecular weight excluding hydrogens is 225 g/mol. The summed E-state index contributed by atoms with van der Waals surface area (Å²) in [5.41, 5.74) is -0.885. The van der Waals surface area contributed by atoms with Crippen LogP contribution in [0.2, 0.25) is 0 Å². The maximum Gasteiger partial charge on any atom is 0.433 e.